The van der Waals surface area contributed by atoms with Crippen LogP contribution in [-0.2, 0) is 11.3 Å². The Kier molecular flexibility index (Phi) is 2.16. The molecule has 68 valence electrons. The van der Waals surface area contributed by atoms with Crippen molar-refractivity contribution in [1.82, 2.24) is 0 Å². The molecule has 0 N–H and O–H groups in total. The Balaban J connectivity index is 2.49. The monoisotopic (exact) mass is 194 g/mol. The first-order valence-electron chi connectivity index (χ1n) is 3.91. The van der Waals surface area contributed by atoms with Crippen LogP contribution in [0.25, 0.3) is 6.08 Å². The molecule has 0 fully saturated rings. The highest BCUT2D eigenvalue weighted by molar-refractivity contribution is 7.80. The predicted molar refractivity (Wildman–Crippen MR) is 51.7 cm³/mol. The van der Waals surface area contributed by atoms with Crippen LogP contribution in [0.5, 0.6) is 0 Å². The molecular formula is C9H8NO2S-. The fraction of sp³-hybridized carbons (Fsp3) is 0.111. The van der Waals surface area contributed by atoms with Gasteiger partial charge in [-0.2, -0.15) is 0 Å². The molecule has 0 aromatic heterocycles. The number of fused-ring (bicyclic) bond motifs is 1. The number of benzene rings is 1. The van der Waals surface area contributed by atoms with E-state index in [1.807, 2.05) is 30.4 Å². The maximum absolute atomic E-state index is 10.8. The lowest BCUT2D eigenvalue weighted by Gasteiger charge is -2.28. The van der Waals surface area contributed by atoms with Gasteiger partial charge in [-0.05, 0) is 11.6 Å². The van der Waals surface area contributed by atoms with E-state index in [2.05, 4.69) is 0 Å². The molecule has 1 heterocycles. The zero-order valence-corrected chi connectivity index (χ0v) is 7.66. The third-order valence-electron chi connectivity index (χ3n) is 1.95. The first kappa shape index (κ1) is 8.47. The average molecular weight is 194 g/mol. The largest absolute Gasteiger partial charge is 0.755 e. The Labute approximate surface area is 79.1 Å². The third kappa shape index (κ3) is 1.50. The van der Waals surface area contributed by atoms with Crippen LogP contribution in [0.3, 0.4) is 0 Å². The topological polar surface area (TPSA) is 43.4 Å². The molecule has 2 rings (SSSR count). The van der Waals surface area contributed by atoms with Crippen molar-refractivity contribution in [2.24, 2.45) is 0 Å². The predicted octanol–water partition coefficient (Wildman–Crippen LogP) is 1.31. The van der Waals surface area contributed by atoms with Gasteiger partial charge in [-0.15, -0.1) is 0 Å². The van der Waals surface area contributed by atoms with Gasteiger partial charge in [0.1, 0.15) is 0 Å². The van der Waals surface area contributed by atoms with E-state index in [0.717, 1.165) is 11.3 Å². The highest BCUT2D eigenvalue weighted by Crippen LogP contribution is 2.25. The summed E-state index contributed by atoms with van der Waals surface area (Å²) in [6, 6.07) is 7.41. The quantitative estimate of drug-likeness (QED) is 0.633. The number of para-hydroxylation sites is 1. The van der Waals surface area contributed by atoms with Gasteiger partial charge in [0.15, 0.2) is 0 Å². The summed E-state index contributed by atoms with van der Waals surface area (Å²) < 4.78 is 22.9. The molecule has 13 heavy (non-hydrogen) atoms. The zero-order valence-electron chi connectivity index (χ0n) is 6.84. The molecular weight excluding hydrogens is 186 g/mol. The highest BCUT2D eigenvalue weighted by atomic mass is 32.2. The van der Waals surface area contributed by atoms with Crippen LogP contribution < -0.4 is 4.31 Å². The van der Waals surface area contributed by atoms with E-state index in [4.69, 9.17) is 0 Å². The summed E-state index contributed by atoms with van der Waals surface area (Å²) >= 11 is -2.18. The zero-order chi connectivity index (χ0) is 9.26. The van der Waals surface area contributed by atoms with Crippen molar-refractivity contribution in [2.45, 2.75) is 0 Å². The van der Waals surface area contributed by atoms with E-state index < -0.39 is 11.3 Å². The summed E-state index contributed by atoms with van der Waals surface area (Å²) in [5, 5.41) is 0. The maximum atomic E-state index is 10.8. The molecule has 0 amide bonds. The molecule has 0 saturated carbocycles. The van der Waals surface area contributed by atoms with E-state index in [1.54, 1.807) is 6.07 Å². The van der Waals surface area contributed by atoms with Crippen LogP contribution in [-0.4, -0.2) is 15.3 Å². The van der Waals surface area contributed by atoms with E-state index in [9.17, 15) is 8.76 Å². The lowest BCUT2D eigenvalue weighted by Crippen LogP contribution is -2.27. The lowest BCUT2D eigenvalue weighted by molar-refractivity contribution is 0.534. The van der Waals surface area contributed by atoms with E-state index >= 15 is 0 Å². The molecule has 1 atom stereocenters. The number of hydrogen-bond acceptors (Lipinski definition) is 2. The summed E-state index contributed by atoms with van der Waals surface area (Å²) in [4.78, 5) is 0. The maximum Gasteiger partial charge on any atom is 0.0558 e. The first-order valence-corrected chi connectivity index (χ1v) is 4.95. The van der Waals surface area contributed by atoms with Crippen molar-refractivity contribution in [1.29, 1.82) is 0 Å². The second-order valence-electron chi connectivity index (χ2n) is 2.74. The van der Waals surface area contributed by atoms with Gasteiger partial charge in [-0.1, -0.05) is 30.4 Å². The van der Waals surface area contributed by atoms with Crippen LogP contribution in [0.1, 0.15) is 5.56 Å². The van der Waals surface area contributed by atoms with Crippen LogP contribution in [0, 0.1) is 0 Å². The van der Waals surface area contributed by atoms with Crippen LogP contribution in [0.15, 0.2) is 30.3 Å². The van der Waals surface area contributed by atoms with Gasteiger partial charge >= 0.3 is 0 Å². The van der Waals surface area contributed by atoms with Gasteiger partial charge in [0.25, 0.3) is 0 Å². The summed E-state index contributed by atoms with van der Waals surface area (Å²) in [6.45, 7) is 0.424. The number of nitrogens with zero attached hydrogens (tertiary/aromatic N) is 1. The van der Waals surface area contributed by atoms with E-state index in [0.29, 0.717) is 6.54 Å². The molecule has 0 bridgehead atoms. The normalized spacial score (nSPS) is 16.8. The molecule has 0 aliphatic carbocycles. The minimum absolute atomic E-state index is 0.424. The van der Waals surface area contributed by atoms with Gasteiger partial charge in [0.2, 0.25) is 0 Å². The van der Waals surface area contributed by atoms with Gasteiger partial charge in [-0.25, -0.2) is 0 Å². The fourth-order valence-electron chi connectivity index (χ4n) is 1.37. The molecule has 1 aliphatic rings. The molecule has 0 radical (unpaired) electrons. The Morgan fingerprint density at radius 3 is 2.92 bits per heavy atom. The van der Waals surface area contributed by atoms with E-state index in [1.165, 1.54) is 4.31 Å². The van der Waals surface area contributed by atoms with Gasteiger partial charge < -0.3 is 4.55 Å². The molecule has 1 aromatic rings. The number of hydrogen-bond donors (Lipinski definition) is 0. The highest BCUT2D eigenvalue weighted by Gasteiger charge is 2.11. The molecule has 1 aromatic carbocycles. The number of rotatable bonds is 1. The van der Waals surface area contributed by atoms with Gasteiger partial charge in [-0.3, -0.25) is 8.51 Å². The van der Waals surface area contributed by atoms with Crippen LogP contribution >= 0.6 is 0 Å². The van der Waals surface area contributed by atoms with Gasteiger partial charge in [0.05, 0.1) is 5.69 Å². The summed E-state index contributed by atoms with van der Waals surface area (Å²) in [5.41, 5.74) is 1.69. The minimum Gasteiger partial charge on any atom is -0.755 e. The Bertz CT molecular complexity index is 376. The van der Waals surface area contributed by atoms with Crippen molar-refractivity contribution in [3.8, 4) is 0 Å². The van der Waals surface area contributed by atoms with Crippen molar-refractivity contribution < 1.29 is 8.76 Å². The molecule has 1 unspecified atom stereocenters. The minimum atomic E-state index is -2.18. The lowest BCUT2D eigenvalue weighted by atomic mass is 10.1. The Morgan fingerprint density at radius 1 is 1.38 bits per heavy atom. The third-order valence-corrected chi connectivity index (χ3v) is 2.66. The smallest absolute Gasteiger partial charge is 0.0558 e. The Morgan fingerprint density at radius 2 is 2.15 bits per heavy atom. The SMILES string of the molecule is O=S([O-])N1CC=Cc2ccccc21. The summed E-state index contributed by atoms with van der Waals surface area (Å²) in [7, 11) is 0. The second-order valence-corrected chi connectivity index (χ2v) is 3.61. The first-order chi connectivity index (χ1) is 6.29. The molecule has 0 saturated heterocycles. The van der Waals surface area contributed by atoms with Crippen molar-refractivity contribution in [3.63, 3.8) is 0 Å². The standard InChI is InChI=1S/C9H9NO2S/c11-13(12)10-7-3-5-8-4-1-2-6-9(8)10/h1-6H,7H2,(H,11,12)/p-1. The van der Waals surface area contributed by atoms with Crippen molar-refractivity contribution >= 4 is 23.0 Å². The van der Waals surface area contributed by atoms with Crippen molar-refractivity contribution in [3.05, 3.63) is 35.9 Å². The summed E-state index contributed by atoms with van der Waals surface area (Å²) in [5.74, 6) is 0. The fourth-order valence-corrected chi connectivity index (χ4v) is 1.91. The van der Waals surface area contributed by atoms with E-state index in [-0.39, 0.29) is 0 Å². The van der Waals surface area contributed by atoms with Gasteiger partial charge in [0, 0.05) is 17.8 Å². The average Bonchev–Trinajstić information content (AvgIpc) is 2.17. The van der Waals surface area contributed by atoms with Crippen molar-refractivity contribution in [2.75, 3.05) is 10.8 Å². The molecule has 3 nitrogen and oxygen atoms in total. The van der Waals surface area contributed by atoms with Crippen LogP contribution in [0.2, 0.25) is 0 Å². The molecule has 4 heteroatoms. The summed E-state index contributed by atoms with van der Waals surface area (Å²) in [6.07, 6.45) is 3.76. The molecule has 0 spiro atoms. The second kappa shape index (κ2) is 3.32. The Hall–Kier alpha value is -1.13. The number of anilines is 1. The van der Waals surface area contributed by atoms with Crippen LogP contribution in [0.4, 0.5) is 5.69 Å². The molecule has 1 aliphatic heterocycles.